The largest absolute Gasteiger partial charge is 0.497 e. The number of hydrogen-bond donors (Lipinski definition) is 3. The van der Waals surface area contributed by atoms with E-state index in [1.807, 2.05) is 7.05 Å². The molecule has 1 aliphatic rings. The quantitative estimate of drug-likeness (QED) is 0.477. The fourth-order valence-electron chi connectivity index (χ4n) is 3.51. The Morgan fingerprint density at radius 1 is 1.33 bits per heavy atom. The monoisotopic (exact) mass is 477 g/mol. The maximum absolute atomic E-state index is 12.9. The molecule has 0 aliphatic carbocycles. The molecule has 1 saturated heterocycles. The minimum Gasteiger partial charge on any atom is -0.497 e. The number of rotatable bonds is 9. The van der Waals surface area contributed by atoms with Crippen molar-refractivity contribution in [3.8, 4) is 17.0 Å². The molecule has 1 aromatic carbocycles. The van der Waals surface area contributed by atoms with Crippen LogP contribution in [0.4, 0.5) is 5.82 Å². The van der Waals surface area contributed by atoms with E-state index in [9.17, 15) is 9.59 Å². The van der Waals surface area contributed by atoms with Crippen molar-refractivity contribution >= 4 is 23.7 Å². The minimum absolute atomic E-state index is 0.101. The summed E-state index contributed by atoms with van der Waals surface area (Å²) in [6, 6.07) is 7.79. The molecule has 33 heavy (non-hydrogen) atoms. The zero-order valence-electron chi connectivity index (χ0n) is 20.0. The number of nitrogens with one attached hydrogen (secondary N) is 3. The van der Waals surface area contributed by atoms with Crippen molar-refractivity contribution in [3.63, 3.8) is 0 Å². The summed E-state index contributed by atoms with van der Waals surface area (Å²) in [6.07, 6.45) is 3.92. The van der Waals surface area contributed by atoms with Crippen LogP contribution in [0.2, 0.25) is 5.15 Å². The summed E-state index contributed by atoms with van der Waals surface area (Å²) < 4.78 is 6.59. The van der Waals surface area contributed by atoms with Crippen LogP contribution in [0, 0.1) is 5.92 Å². The molecule has 0 atom stereocenters. The summed E-state index contributed by atoms with van der Waals surface area (Å²) in [6.45, 7) is 6.84. The third kappa shape index (κ3) is 8.14. The second-order valence-electron chi connectivity index (χ2n) is 8.27. The van der Waals surface area contributed by atoms with Crippen molar-refractivity contribution in [2.45, 2.75) is 45.7 Å². The number of carbonyl (C=O) groups excluding carboxylic acids is 1. The third-order valence-electron chi connectivity index (χ3n) is 5.60. The molecule has 182 valence electrons. The molecule has 0 unspecified atom stereocenters. The maximum Gasteiger partial charge on any atom is 0.294 e. The summed E-state index contributed by atoms with van der Waals surface area (Å²) in [4.78, 5) is 28.4. The zero-order chi connectivity index (χ0) is 24.2. The fraction of sp³-hybridized carbons (Fsp3) is 0.542. The SMILES string of the molecule is CNC(C)C.COc1cccc(-c2c(Cl)nc(NCCC3CCNCC3)c(=O)n2CC=O)c1. The van der Waals surface area contributed by atoms with E-state index in [1.165, 1.54) is 4.57 Å². The number of carbonyl (C=O) groups is 1. The van der Waals surface area contributed by atoms with Gasteiger partial charge in [-0.1, -0.05) is 37.6 Å². The lowest BCUT2D eigenvalue weighted by molar-refractivity contribution is -0.108. The van der Waals surface area contributed by atoms with Gasteiger partial charge in [0.05, 0.1) is 19.3 Å². The van der Waals surface area contributed by atoms with Crippen LogP contribution in [0.25, 0.3) is 11.3 Å². The summed E-state index contributed by atoms with van der Waals surface area (Å²) >= 11 is 6.42. The molecule has 0 spiro atoms. The number of piperidine rings is 1. The molecular formula is C24H36ClN5O3. The first-order chi connectivity index (χ1) is 15.9. The van der Waals surface area contributed by atoms with E-state index in [1.54, 1.807) is 31.4 Å². The second-order valence-corrected chi connectivity index (χ2v) is 8.62. The summed E-state index contributed by atoms with van der Waals surface area (Å²) in [7, 11) is 3.51. The van der Waals surface area contributed by atoms with Crippen LogP contribution >= 0.6 is 11.6 Å². The van der Waals surface area contributed by atoms with Gasteiger partial charge in [0.2, 0.25) is 0 Å². The van der Waals surface area contributed by atoms with E-state index in [0.29, 0.717) is 41.8 Å². The van der Waals surface area contributed by atoms with E-state index in [-0.39, 0.29) is 23.1 Å². The van der Waals surface area contributed by atoms with Gasteiger partial charge in [0.15, 0.2) is 11.0 Å². The summed E-state index contributed by atoms with van der Waals surface area (Å²) in [5, 5.41) is 9.65. The van der Waals surface area contributed by atoms with Crippen LogP contribution in [0.15, 0.2) is 29.1 Å². The van der Waals surface area contributed by atoms with Gasteiger partial charge >= 0.3 is 0 Å². The highest BCUT2D eigenvalue weighted by atomic mass is 35.5. The Kier molecular flexibility index (Phi) is 11.4. The van der Waals surface area contributed by atoms with Gasteiger partial charge in [0.1, 0.15) is 12.0 Å². The van der Waals surface area contributed by atoms with E-state index >= 15 is 0 Å². The summed E-state index contributed by atoms with van der Waals surface area (Å²) in [5.74, 6) is 1.44. The first-order valence-corrected chi connectivity index (χ1v) is 11.8. The van der Waals surface area contributed by atoms with Gasteiger partial charge in [0.25, 0.3) is 5.56 Å². The highest BCUT2D eigenvalue weighted by Crippen LogP contribution is 2.29. The van der Waals surface area contributed by atoms with Gasteiger partial charge in [-0.05, 0) is 57.5 Å². The summed E-state index contributed by atoms with van der Waals surface area (Å²) in [5.41, 5.74) is 0.707. The molecule has 3 N–H and O–H groups in total. The molecule has 1 fully saturated rings. The number of benzene rings is 1. The Balaban J connectivity index is 0.000000696. The van der Waals surface area contributed by atoms with E-state index in [2.05, 4.69) is 34.8 Å². The standard InChI is InChI=1S/C20H25ClN4O3.C4H11N/c1-28-16-4-2-3-15(13-16)17-18(21)24-19(20(27)25(17)11-12-26)23-10-7-14-5-8-22-9-6-14;1-4(2)5-3/h2-4,12-14,22H,5-11H2,1H3,(H,23,24);4-5H,1-3H3. The number of ether oxygens (including phenoxy) is 1. The number of methoxy groups -OCH3 is 1. The van der Waals surface area contributed by atoms with Crippen molar-refractivity contribution in [3.05, 3.63) is 39.8 Å². The smallest absolute Gasteiger partial charge is 0.294 e. The average molecular weight is 478 g/mol. The van der Waals surface area contributed by atoms with Crippen molar-refractivity contribution in [2.24, 2.45) is 5.92 Å². The Morgan fingerprint density at radius 2 is 2.03 bits per heavy atom. The molecule has 8 nitrogen and oxygen atoms in total. The average Bonchev–Trinajstić information content (AvgIpc) is 2.83. The third-order valence-corrected chi connectivity index (χ3v) is 5.87. The zero-order valence-corrected chi connectivity index (χ0v) is 20.7. The van der Waals surface area contributed by atoms with E-state index in [0.717, 1.165) is 32.4 Å². The Bertz CT molecular complexity index is 942. The predicted octanol–water partition coefficient (Wildman–Crippen LogP) is 3.19. The first kappa shape index (κ1) is 26.8. The second kappa shape index (κ2) is 14.0. The molecule has 1 aliphatic heterocycles. The Morgan fingerprint density at radius 3 is 2.64 bits per heavy atom. The number of aldehydes is 1. The van der Waals surface area contributed by atoms with E-state index in [4.69, 9.17) is 16.3 Å². The van der Waals surface area contributed by atoms with Gasteiger partial charge in [-0.15, -0.1) is 0 Å². The van der Waals surface area contributed by atoms with Crippen molar-refractivity contribution in [1.82, 2.24) is 20.2 Å². The molecule has 1 aromatic heterocycles. The molecule has 9 heteroatoms. The van der Waals surface area contributed by atoms with Crippen LogP contribution in [-0.2, 0) is 11.3 Å². The lowest BCUT2D eigenvalue weighted by atomic mass is 9.95. The number of hydrogen-bond acceptors (Lipinski definition) is 7. The molecule has 2 aromatic rings. The van der Waals surface area contributed by atoms with Gasteiger partial charge in [-0.2, -0.15) is 0 Å². The van der Waals surface area contributed by atoms with Gasteiger partial charge < -0.3 is 25.5 Å². The number of aromatic nitrogens is 2. The minimum atomic E-state index is -0.361. The van der Waals surface area contributed by atoms with Gasteiger partial charge in [-0.3, -0.25) is 9.36 Å². The van der Waals surface area contributed by atoms with Crippen LogP contribution in [0.3, 0.4) is 0 Å². The van der Waals surface area contributed by atoms with Crippen LogP contribution in [0.5, 0.6) is 5.75 Å². The molecular weight excluding hydrogens is 442 g/mol. The number of nitrogens with zero attached hydrogens (tertiary/aromatic N) is 2. The van der Waals surface area contributed by atoms with E-state index < -0.39 is 0 Å². The molecule has 0 radical (unpaired) electrons. The molecule has 3 rings (SSSR count). The highest BCUT2D eigenvalue weighted by Gasteiger charge is 2.18. The first-order valence-electron chi connectivity index (χ1n) is 11.4. The van der Waals surface area contributed by atoms with Crippen molar-refractivity contribution in [2.75, 3.05) is 39.1 Å². The van der Waals surface area contributed by atoms with Crippen LogP contribution in [-0.4, -0.2) is 55.7 Å². The maximum atomic E-state index is 12.9. The Labute approximate surface area is 201 Å². The fourth-order valence-corrected chi connectivity index (χ4v) is 3.81. The predicted molar refractivity (Wildman–Crippen MR) is 134 cm³/mol. The van der Waals surface area contributed by atoms with Gasteiger partial charge in [0, 0.05) is 18.2 Å². The lowest BCUT2D eigenvalue weighted by Gasteiger charge is -2.22. The normalized spacial score (nSPS) is 13.9. The van der Waals surface area contributed by atoms with Gasteiger partial charge in [-0.25, -0.2) is 4.98 Å². The number of anilines is 1. The van der Waals surface area contributed by atoms with Crippen molar-refractivity contribution in [1.29, 1.82) is 0 Å². The van der Waals surface area contributed by atoms with Crippen LogP contribution in [0.1, 0.15) is 33.1 Å². The molecule has 0 saturated carbocycles. The molecule has 0 amide bonds. The number of halogens is 1. The highest BCUT2D eigenvalue weighted by molar-refractivity contribution is 6.32. The topological polar surface area (TPSA) is 97.3 Å². The molecule has 0 bridgehead atoms. The molecule has 2 heterocycles. The Hall–Kier alpha value is -2.42. The van der Waals surface area contributed by atoms with Crippen molar-refractivity contribution < 1.29 is 9.53 Å². The lowest BCUT2D eigenvalue weighted by Crippen LogP contribution is -2.30. The van der Waals surface area contributed by atoms with Crippen LogP contribution < -0.4 is 26.2 Å².